The SMILES string of the molecule is CNCC1OCCc2cc(F)ccc21. The third kappa shape index (κ3) is 1.79. The topological polar surface area (TPSA) is 21.3 Å². The van der Waals surface area contributed by atoms with Crippen molar-refractivity contribution in [2.24, 2.45) is 0 Å². The zero-order valence-electron chi connectivity index (χ0n) is 8.22. The van der Waals surface area contributed by atoms with E-state index in [1.165, 1.54) is 6.07 Å². The molecule has 0 aromatic heterocycles. The van der Waals surface area contributed by atoms with Crippen molar-refractivity contribution in [2.75, 3.05) is 20.2 Å². The van der Waals surface area contributed by atoms with E-state index in [2.05, 4.69) is 5.32 Å². The summed E-state index contributed by atoms with van der Waals surface area (Å²) in [5.41, 5.74) is 2.20. The number of likely N-dealkylation sites (N-methyl/N-ethyl adjacent to an activating group) is 1. The quantitative estimate of drug-likeness (QED) is 0.775. The Morgan fingerprint density at radius 1 is 1.57 bits per heavy atom. The van der Waals surface area contributed by atoms with Gasteiger partial charge in [-0.15, -0.1) is 0 Å². The van der Waals surface area contributed by atoms with Gasteiger partial charge in [-0.2, -0.15) is 0 Å². The molecule has 0 amide bonds. The predicted octanol–water partition coefficient (Wildman–Crippen LogP) is 1.66. The van der Waals surface area contributed by atoms with E-state index in [-0.39, 0.29) is 11.9 Å². The molecule has 1 N–H and O–H groups in total. The Hall–Kier alpha value is -0.930. The lowest BCUT2D eigenvalue weighted by Gasteiger charge is -2.25. The summed E-state index contributed by atoms with van der Waals surface area (Å²) in [6, 6.07) is 4.93. The number of hydrogen-bond donors (Lipinski definition) is 1. The molecule has 0 saturated carbocycles. The molecule has 0 spiro atoms. The molecule has 0 fully saturated rings. The summed E-state index contributed by atoms with van der Waals surface area (Å²) < 4.78 is 18.6. The summed E-state index contributed by atoms with van der Waals surface area (Å²) in [5.74, 6) is -0.158. The normalized spacial score (nSPS) is 20.6. The first-order valence-corrected chi connectivity index (χ1v) is 4.86. The summed E-state index contributed by atoms with van der Waals surface area (Å²) in [5, 5.41) is 3.07. The molecule has 1 aromatic carbocycles. The van der Waals surface area contributed by atoms with Gasteiger partial charge in [0.25, 0.3) is 0 Å². The summed E-state index contributed by atoms with van der Waals surface area (Å²) in [6.45, 7) is 1.46. The second kappa shape index (κ2) is 4.07. The number of rotatable bonds is 2. The fraction of sp³-hybridized carbons (Fsp3) is 0.455. The molecule has 2 nitrogen and oxygen atoms in total. The Kier molecular flexibility index (Phi) is 2.79. The Morgan fingerprint density at radius 2 is 2.43 bits per heavy atom. The predicted molar refractivity (Wildman–Crippen MR) is 52.7 cm³/mol. The molecular weight excluding hydrogens is 181 g/mol. The van der Waals surface area contributed by atoms with Gasteiger partial charge in [0.05, 0.1) is 12.7 Å². The molecule has 0 aliphatic carbocycles. The molecule has 1 aliphatic heterocycles. The van der Waals surface area contributed by atoms with Crippen molar-refractivity contribution >= 4 is 0 Å². The van der Waals surface area contributed by atoms with E-state index in [9.17, 15) is 4.39 Å². The summed E-state index contributed by atoms with van der Waals surface area (Å²) in [4.78, 5) is 0. The first-order valence-electron chi connectivity index (χ1n) is 4.86. The van der Waals surface area contributed by atoms with Gasteiger partial charge in [-0.3, -0.25) is 0 Å². The van der Waals surface area contributed by atoms with Crippen molar-refractivity contribution in [3.63, 3.8) is 0 Å². The van der Waals surface area contributed by atoms with Gasteiger partial charge in [0, 0.05) is 6.54 Å². The maximum atomic E-state index is 13.0. The molecule has 0 radical (unpaired) electrons. The Balaban J connectivity index is 2.30. The smallest absolute Gasteiger partial charge is 0.123 e. The van der Waals surface area contributed by atoms with Gasteiger partial charge in [0.1, 0.15) is 5.82 Å². The Morgan fingerprint density at radius 3 is 3.21 bits per heavy atom. The highest BCUT2D eigenvalue weighted by atomic mass is 19.1. The van der Waals surface area contributed by atoms with E-state index >= 15 is 0 Å². The zero-order valence-corrected chi connectivity index (χ0v) is 8.22. The van der Waals surface area contributed by atoms with Crippen molar-refractivity contribution in [2.45, 2.75) is 12.5 Å². The van der Waals surface area contributed by atoms with Crippen LogP contribution < -0.4 is 5.32 Å². The molecular formula is C11H14FNO. The number of fused-ring (bicyclic) bond motifs is 1. The van der Waals surface area contributed by atoms with Crippen LogP contribution in [0.4, 0.5) is 4.39 Å². The highest BCUT2D eigenvalue weighted by Gasteiger charge is 2.20. The molecule has 76 valence electrons. The van der Waals surface area contributed by atoms with Crippen LogP contribution in [0.1, 0.15) is 17.2 Å². The standard InChI is InChI=1S/C11H14FNO/c1-13-7-11-10-3-2-9(12)6-8(10)4-5-14-11/h2-3,6,11,13H,4-5,7H2,1H3. The number of nitrogens with one attached hydrogen (secondary N) is 1. The zero-order chi connectivity index (χ0) is 9.97. The van der Waals surface area contributed by atoms with Crippen LogP contribution in [0.2, 0.25) is 0 Å². The van der Waals surface area contributed by atoms with Crippen molar-refractivity contribution in [3.8, 4) is 0 Å². The second-order valence-electron chi connectivity index (χ2n) is 3.51. The van der Waals surface area contributed by atoms with Crippen LogP contribution in [0.25, 0.3) is 0 Å². The minimum absolute atomic E-state index is 0.0735. The lowest BCUT2D eigenvalue weighted by molar-refractivity contribution is 0.0437. The van der Waals surface area contributed by atoms with E-state index in [1.807, 2.05) is 13.1 Å². The molecule has 0 bridgehead atoms. The van der Waals surface area contributed by atoms with Crippen LogP contribution >= 0.6 is 0 Å². The van der Waals surface area contributed by atoms with E-state index in [1.54, 1.807) is 6.07 Å². The average Bonchev–Trinajstić information content (AvgIpc) is 2.18. The van der Waals surface area contributed by atoms with Gasteiger partial charge < -0.3 is 10.1 Å². The van der Waals surface area contributed by atoms with E-state index in [0.717, 1.165) is 24.1 Å². The highest BCUT2D eigenvalue weighted by Crippen LogP contribution is 2.26. The monoisotopic (exact) mass is 195 g/mol. The maximum Gasteiger partial charge on any atom is 0.123 e. The third-order valence-corrected chi connectivity index (χ3v) is 2.53. The van der Waals surface area contributed by atoms with Crippen LogP contribution in [0.15, 0.2) is 18.2 Å². The summed E-state index contributed by atoms with van der Waals surface area (Å²) in [7, 11) is 1.89. The molecule has 3 heteroatoms. The highest BCUT2D eigenvalue weighted by molar-refractivity contribution is 5.31. The molecule has 1 heterocycles. The molecule has 1 aliphatic rings. The van der Waals surface area contributed by atoms with Gasteiger partial charge in [-0.25, -0.2) is 4.39 Å². The maximum absolute atomic E-state index is 13.0. The first kappa shape index (κ1) is 9.62. The van der Waals surface area contributed by atoms with Crippen molar-refractivity contribution in [1.29, 1.82) is 0 Å². The first-order chi connectivity index (χ1) is 6.81. The minimum atomic E-state index is -0.158. The fourth-order valence-corrected chi connectivity index (χ4v) is 1.86. The largest absolute Gasteiger partial charge is 0.372 e. The van der Waals surface area contributed by atoms with Crippen molar-refractivity contribution in [3.05, 3.63) is 35.1 Å². The van der Waals surface area contributed by atoms with Crippen LogP contribution in [-0.2, 0) is 11.2 Å². The van der Waals surface area contributed by atoms with E-state index in [4.69, 9.17) is 4.74 Å². The lowest BCUT2D eigenvalue weighted by atomic mass is 9.97. The number of halogens is 1. The minimum Gasteiger partial charge on any atom is -0.372 e. The average molecular weight is 195 g/mol. The fourth-order valence-electron chi connectivity index (χ4n) is 1.86. The van der Waals surface area contributed by atoms with Gasteiger partial charge in [-0.1, -0.05) is 6.07 Å². The van der Waals surface area contributed by atoms with Crippen LogP contribution in [0, 0.1) is 5.82 Å². The molecule has 1 aromatic rings. The summed E-state index contributed by atoms with van der Waals surface area (Å²) in [6.07, 6.45) is 0.886. The van der Waals surface area contributed by atoms with Crippen molar-refractivity contribution < 1.29 is 9.13 Å². The van der Waals surface area contributed by atoms with Crippen LogP contribution in [0.3, 0.4) is 0 Å². The van der Waals surface area contributed by atoms with Gasteiger partial charge >= 0.3 is 0 Å². The van der Waals surface area contributed by atoms with Crippen LogP contribution in [0.5, 0.6) is 0 Å². The Bertz CT molecular complexity index is 327. The molecule has 2 rings (SSSR count). The molecule has 14 heavy (non-hydrogen) atoms. The van der Waals surface area contributed by atoms with E-state index < -0.39 is 0 Å². The molecule has 1 unspecified atom stereocenters. The van der Waals surface area contributed by atoms with Gasteiger partial charge in [0.15, 0.2) is 0 Å². The number of benzene rings is 1. The molecule has 0 saturated heterocycles. The second-order valence-corrected chi connectivity index (χ2v) is 3.51. The lowest BCUT2D eigenvalue weighted by Crippen LogP contribution is -2.25. The number of hydrogen-bond acceptors (Lipinski definition) is 2. The van der Waals surface area contributed by atoms with Crippen molar-refractivity contribution in [1.82, 2.24) is 5.32 Å². The van der Waals surface area contributed by atoms with Gasteiger partial charge in [0.2, 0.25) is 0 Å². The van der Waals surface area contributed by atoms with Crippen LogP contribution in [-0.4, -0.2) is 20.2 Å². The summed E-state index contributed by atoms with van der Waals surface area (Å²) >= 11 is 0. The third-order valence-electron chi connectivity index (χ3n) is 2.53. The number of ether oxygens (including phenoxy) is 1. The van der Waals surface area contributed by atoms with Gasteiger partial charge in [-0.05, 0) is 36.7 Å². The molecule has 1 atom stereocenters. The Labute approximate surface area is 83.1 Å². The van der Waals surface area contributed by atoms with E-state index in [0.29, 0.717) is 6.61 Å².